The predicted molar refractivity (Wildman–Crippen MR) is 149 cm³/mol. The van der Waals surface area contributed by atoms with Gasteiger partial charge in [0.25, 0.3) is 0 Å². The third kappa shape index (κ3) is 6.74. The van der Waals surface area contributed by atoms with Crippen LogP contribution in [0.1, 0.15) is 37.4 Å². The van der Waals surface area contributed by atoms with E-state index in [1.165, 1.54) is 35.9 Å². The van der Waals surface area contributed by atoms with Gasteiger partial charge in [-0.25, -0.2) is 9.07 Å². The van der Waals surface area contributed by atoms with Crippen LogP contribution in [-0.4, -0.2) is 52.5 Å². The summed E-state index contributed by atoms with van der Waals surface area (Å²) in [6.07, 6.45) is 0.779. The first-order valence-corrected chi connectivity index (χ1v) is 13.1. The Balaban J connectivity index is 1.76. The molecular weight excluding hydrogens is 513 g/mol. The summed E-state index contributed by atoms with van der Waals surface area (Å²) in [5, 5.41) is 11.3. The minimum absolute atomic E-state index is 0.0579. The monoisotopic (exact) mass is 547 g/mol. The molecule has 9 nitrogen and oxygen atoms in total. The van der Waals surface area contributed by atoms with Crippen molar-refractivity contribution in [2.24, 2.45) is 5.92 Å². The molecule has 10 heteroatoms. The molecule has 2 amide bonds. The highest BCUT2D eigenvalue weighted by atomic mass is 19.1. The van der Waals surface area contributed by atoms with Crippen LogP contribution >= 0.6 is 0 Å². The van der Waals surface area contributed by atoms with Gasteiger partial charge in [-0.2, -0.15) is 0 Å². The number of benzene rings is 3. The molecule has 1 heterocycles. The van der Waals surface area contributed by atoms with Crippen LogP contribution < -0.4 is 14.8 Å². The Morgan fingerprint density at radius 2 is 1.73 bits per heavy atom. The van der Waals surface area contributed by atoms with Crippen molar-refractivity contribution in [3.8, 4) is 11.5 Å². The van der Waals surface area contributed by atoms with Crippen LogP contribution in [0.15, 0.2) is 66.7 Å². The van der Waals surface area contributed by atoms with Gasteiger partial charge in [0.2, 0.25) is 11.8 Å². The first kappa shape index (κ1) is 28.5. The molecule has 0 aliphatic carbocycles. The Morgan fingerprint density at radius 1 is 1.00 bits per heavy atom. The molecule has 0 saturated heterocycles. The number of carbonyl (C=O) groups excluding carboxylic acids is 2. The summed E-state index contributed by atoms with van der Waals surface area (Å²) in [7, 11) is 3.04. The van der Waals surface area contributed by atoms with Crippen LogP contribution in [-0.2, 0) is 22.7 Å². The molecule has 1 N–H and O–H groups in total. The maximum Gasteiger partial charge on any atom is 0.247 e. The molecular formula is C30H34FN5O4. The third-order valence-electron chi connectivity index (χ3n) is 6.60. The predicted octanol–water partition coefficient (Wildman–Crippen LogP) is 4.52. The fraction of sp³-hybridized carbons (Fsp3) is 0.333. The molecule has 0 fully saturated rings. The number of nitrogens with zero attached hydrogens (tertiary/aromatic N) is 4. The van der Waals surface area contributed by atoms with Crippen molar-refractivity contribution in [2.75, 3.05) is 20.8 Å². The maximum atomic E-state index is 14.0. The van der Waals surface area contributed by atoms with E-state index in [4.69, 9.17) is 9.47 Å². The molecule has 4 aromatic rings. The molecule has 3 aromatic carbocycles. The number of carbonyl (C=O) groups is 2. The van der Waals surface area contributed by atoms with Gasteiger partial charge in [-0.1, -0.05) is 49.4 Å². The van der Waals surface area contributed by atoms with Crippen molar-refractivity contribution in [1.29, 1.82) is 0 Å². The molecule has 0 spiro atoms. The number of hydrogen-bond donors (Lipinski definition) is 1. The Morgan fingerprint density at radius 3 is 2.42 bits per heavy atom. The van der Waals surface area contributed by atoms with Gasteiger partial charge in [0.1, 0.15) is 23.9 Å². The minimum Gasteiger partial charge on any atom is -0.493 e. The Hall–Kier alpha value is -4.47. The minimum atomic E-state index is -1.01. The number of para-hydroxylation sites is 1. The molecule has 0 aliphatic heterocycles. The molecule has 0 saturated carbocycles. The highest BCUT2D eigenvalue weighted by molar-refractivity contribution is 5.89. The van der Waals surface area contributed by atoms with Crippen LogP contribution in [0.5, 0.6) is 11.5 Å². The number of amides is 2. The Kier molecular flexibility index (Phi) is 9.31. The Labute approximate surface area is 232 Å². The Bertz CT molecular complexity index is 1450. The summed E-state index contributed by atoms with van der Waals surface area (Å²) >= 11 is 0. The topological polar surface area (TPSA) is 98.6 Å². The van der Waals surface area contributed by atoms with Gasteiger partial charge in [-0.15, -0.1) is 5.10 Å². The summed E-state index contributed by atoms with van der Waals surface area (Å²) in [5.74, 6) is 0.216. The number of halogens is 1. The summed E-state index contributed by atoms with van der Waals surface area (Å²) in [5.41, 5.74) is 2.56. The summed E-state index contributed by atoms with van der Waals surface area (Å²) in [6, 6.07) is 17.3. The fourth-order valence-corrected chi connectivity index (χ4v) is 4.44. The second kappa shape index (κ2) is 13.1. The molecule has 210 valence electrons. The molecule has 0 aliphatic rings. The normalized spacial score (nSPS) is 11.8. The van der Waals surface area contributed by atoms with Gasteiger partial charge < -0.3 is 19.7 Å². The summed E-state index contributed by atoms with van der Waals surface area (Å²) < 4.78 is 26.1. The van der Waals surface area contributed by atoms with Crippen molar-refractivity contribution in [2.45, 2.75) is 39.4 Å². The lowest BCUT2D eigenvalue weighted by atomic mass is 10.0. The van der Waals surface area contributed by atoms with Crippen molar-refractivity contribution >= 4 is 22.8 Å². The van der Waals surface area contributed by atoms with E-state index in [1.807, 2.05) is 24.3 Å². The first-order valence-electron chi connectivity index (χ1n) is 13.1. The van der Waals surface area contributed by atoms with Crippen molar-refractivity contribution in [3.05, 3.63) is 83.7 Å². The zero-order valence-corrected chi connectivity index (χ0v) is 23.1. The second-order valence-corrected chi connectivity index (χ2v) is 9.87. The number of methoxy groups -OCH3 is 2. The van der Waals surface area contributed by atoms with Crippen LogP contribution in [0.2, 0.25) is 0 Å². The van der Waals surface area contributed by atoms with Gasteiger partial charge in [0, 0.05) is 13.1 Å². The summed E-state index contributed by atoms with van der Waals surface area (Å²) in [6.45, 7) is 4.51. The number of hydrogen-bond acceptors (Lipinski definition) is 6. The molecule has 4 rings (SSSR count). The highest BCUT2D eigenvalue weighted by Crippen LogP contribution is 2.33. The molecule has 1 aromatic heterocycles. The van der Waals surface area contributed by atoms with Crippen molar-refractivity contribution in [3.63, 3.8) is 0 Å². The van der Waals surface area contributed by atoms with Crippen molar-refractivity contribution < 1.29 is 23.5 Å². The average Bonchev–Trinajstić information content (AvgIpc) is 3.36. The average molecular weight is 548 g/mol. The zero-order chi connectivity index (χ0) is 28.6. The van der Waals surface area contributed by atoms with Gasteiger partial charge in [-0.3, -0.25) is 9.59 Å². The SMILES string of the molecule is COc1ccc(C(C(=O)NCCC(C)C)N(Cc2ccc(F)cc2)C(=O)Cn2nnc3ccccc32)cc1OC. The number of ether oxygens (including phenoxy) is 2. The lowest BCUT2D eigenvalue weighted by Crippen LogP contribution is -2.45. The van der Waals surface area contributed by atoms with E-state index >= 15 is 0 Å². The van der Waals surface area contributed by atoms with E-state index in [0.717, 1.165) is 6.42 Å². The van der Waals surface area contributed by atoms with Crippen molar-refractivity contribution in [1.82, 2.24) is 25.2 Å². The standard InChI is InChI=1S/C30H34FN5O4/c1-20(2)15-16-32-30(38)29(22-11-14-26(39-3)27(17-22)40-4)35(18-21-9-12-23(31)13-10-21)28(37)19-36-25-8-6-5-7-24(25)33-34-36/h5-14,17,20,29H,15-16,18-19H2,1-4H3,(H,32,38). The zero-order valence-electron chi connectivity index (χ0n) is 23.1. The lowest BCUT2D eigenvalue weighted by molar-refractivity contribution is -0.142. The number of nitrogens with one attached hydrogen (secondary N) is 1. The van der Waals surface area contributed by atoms with Crippen LogP contribution in [0.4, 0.5) is 4.39 Å². The summed E-state index contributed by atoms with van der Waals surface area (Å²) in [4.78, 5) is 29.3. The lowest BCUT2D eigenvalue weighted by Gasteiger charge is -2.32. The first-order chi connectivity index (χ1) is 19.3. The molecule has 0 radical (unpaired) electrons. The second-order valence-electron chi connectivity index (χ2n) is 9.87. The van der Waals surface area contributed by atoms with E-state index in [2.05, 4.69) is 29.5 Å². The van der Waals surface area contributed by atoms with Gasteiger partial charge in [0.15, 0.2) is 11.5 Å². The number of aromatic nitrogens is 3. The fourth-order valence-electron chi connectivity index (χ4n) is 4.44. The molecule has 1 unspecified atom stereocenters. The van der Waals surface area contributed by atoms with Crippen LogP contribution in [0.3, 0.4) is 0 Å². The van der Waals surface area contributed by atoms with E-state index in [0.29, 0.717) is 46.1 Å². The quantitative estimate of drug-likeness (QED) is 0.280. The smallest absolute Gasteiger partial charge is 0.247 e. The largest absolute Gasteiger partial charge is 0.493 e. The number of fused-ring (bicyclic) bond motifs is 1. The van der Waals surface area contributed by atoms with Gasteiger partial charge in [-0.05, 0) is 59.9 Å². The van der Waals surface area contributed by atoms with Crippen LogP contribution in [0, 0.1) is 11.7 Å². The molecule has 40 heavy (non-hydrogen) atoms. The highest BCUT2D eigenvalue weighted by Gasteiger charge is 2.33. The van der Waals surface area contributed by atoms with Crippen LogP contribution in [0.25, 0.3) is 11.0 Å². The number of rotatable bonds is 12. The van der Waals surface area contributed by atoms with E-state index in [1.54, 1.807) is 30.3 Å². The maximum absolute atomic E-state index is 14.0. The molecule has 1 atom stereocenters. The van der Waals surface area contributed by atoms with E-state index in [-0.39, 0.29) is 24.9 Å². The molecule has 0 bridgehead atoms. The van der Waals surface area contributed by atoms with E-state index in [9.17, 15) is 14.0 Å². The third-order valence-corrected chi connectivity index (χ3v) is 6.60. The van der Waals surface area contributed by atoms with E-state index < -0.39 is 11.9 Å². The van der Waals surface area contributed by atoms with Gasteiger partial charge >= 0.3 is 0 Å². The van der Waals surface area contributed by atoms with Gasteiger partial charge in [0.05, 0.1) is 19.7 Å².